The second-order valence-corrected chi connectivity index (χ2v) is 7.30. The molecule has 0 aromatic heterocycles. The molecule has 2 rings (SSSR count). The first kappa shape index (κ1) is 17.2. The Morgan fingerprint density at radius 3 is 2.52 bits per heavy atom. The fourth-order valence-electron chi connectivity index (χ4n) is 3.09. The number of halogens is 3. The van der Waals surface area contributed by atoms with Gasteiger partial charge in [0.05, 0.1) is 11.1 Å². The van der Waals surface area contributed by atoms with Crippen LogP contribution in [0.2, 0.25) is 5.02 Å². The average molecular weight is 379 g/mol. The summed E-state index contributed by atoms with van der Waals surface area (Å²) in [5.74, 6) is 5.34. The maximum absolute atomic E-state index is 14.5. The van der Waals surface area contributed by atoms with Crippen molar-refractivity contribution in [1.82, 2.24) is 10.3 Å². The highest BCUT2D eigenvalue weighted by Crippen LogP contribution is 2.37. The van der Waals surface area contributed by atoms with Gasteiger partial charge in [0.25, 0.3) is 0 Å². The van der Waals surface area contributed by atoms with Crippen molar-refractivity contribution in [3.63, 3.8) is 0 Å². The van der Waals surface area contributed by atoms with Gasteiger partial charge in [0.15, 0.2) is 0 Å². The van der Waals surface area contributed by atoms with Crippen molar-refractivity contribution < 1.29 is 4.39 Å². The molecule has 1 aromatic rings. The summed E-state index contributed by atoms with van der Waals surface area (Å²) < 4.78 is 15.1. The Hall–Kier alpha value is -0.200. The average Bonchev–Trinajstić information content (AvgIpc) is 2.48. The second-order valence-electron chi connectivity index (χ2n) is 6.07. The summed E-state index contributed by atoms with van der Waals surface area (Å²) in [5, 5.41) is 0.0993. The highest BCUT2D eigenvalue weighted by molar-refractivity contribution is 9.10. The topological polar surface area (TPSA) is 41.3 Å². The quantitative estimate of drug-likeness (QED) is 0.472. The van der Waals surface area contributed by atoms with Crippen molar-refractivity contribution in [2.24, 2.45) is 5.84 Å². The summed E-state index contributed by atoms with van der Waals surface area (Å²) in [6.45, 7) is 6.21. The zero-order valence-electron chi connectivity index (χ0n) is 12.4. The molecule has 1 aliphatic heterocycles. The van der Waals surface area contributed by atoms with Gasteiger partial charge in [-0.1, -0.05) is 24.1 Å². The number of piperidine rings is 1. The van der Waals surface area contributed by atoms with Gasteiger partial charge in [-0.15, -0.1) is 0 Å². The van der Waals surface area contributed by atoms with Crippen molar-refractivity contribution >= 4 is 27.5 Å². The molecule has 0 radical (unpaired) electrons. The van der Waals surface area contributed by atoms with E-state index in [1.165, 1.54) is 19.3 Å². The van der Waals surface area contributed by atoms with Crippen molar-refractivity contribution in [3.8, 4) is 0 Å². The Morgan fingerprint density at radius 1 is 1.33 bits per heavy atom. The summed E-state index contributed by atoms with van der Waals surface area (Å²) in [4.78, 5) is 2.37. The third-order valence-electron chi connectivity index (χ3n) is 4.42. The molecule has 0 spiro atoms. The van der Waals surface area contributed by atoms with Crippen LogP contribution in [0.15, 0.2) is 16.6 Å². The zero-order valence-corrected chi connectivity index (χ0v) is 14.8. The van der Waals surface area contributed by atoms with E-state index in [2.05, 4.69) is 40.1 Å². The fourth-order valence-corrected chi connectivity index (χ4v) is 3.57. The van der Waals surface area contributed by atoms with Crippen LogP contribution in [0, 0.1) is 5.82 Å². The summed E-state index contributed by atoms with van der Waals surface area (Å²) >= 11 is 9.26. The van der Waals surface area contributed by atoms with Crippen LogP contribution in [0.4, 0.5) is 4.39 Å². The molecule has 3 nitrogen and oxygen atoms in total. The summed E-state index contributed by atoms with van der Waals surface area (Å²) in [6, 6.07) is 3.17. The molecule has 1 aliphatic rings. The van der Waals surface area contributed by atoms with Crippen LogP contribution in [0.25, 0.3) is 0 Å². The van der Waals surface area contributed by atoms with Crippen LogP contribution in [0.1, 0.15) is 44.7 Å². The number of nitrogens with zero attached hydrogens (tertiary/aromatic N) is 1. The highest BCUT2D eigenvalue weighted by Gasteiger charge is 2.38. The summed E-state index contributed by atoms with van der Waals surface area (Å²) in [5.41, 5.74) is 2.99. The molecule has 1 unspecified atom stereocenters. The molecule has 1 aromatic carbocycles. The SMILES string of the molecule is CC(C)(C(NN)c1ccc(Br)c(Cl)c1F)N1CCCCC1. The van der Waals surface area contributed by atoms with Crippen molar-refractivity contribution in [3.05, 3.63) is 33.0 Å². The van der Waals surface area contributed by atoms with E-state index in [1.54, 1.807) is 12.1 Å². The van der Waals surface area contributed by atoms with E-state index in [-0.39, 0.29) is 16.6 Å². The fraction of sp³-hybridized carbons (Fsp3) is 0.600. The number of hydrazine groups is 1. The number of likely N-dealkylation sites (tertiary alicyclic amines) is 1. The minimum atomic E-state index is -0.418. The molecule has 21 heavy (non-hydrogen) atoms. The lowest BCUT2D eigenvalue weighted by Crippen LogP contribution is -2.55. The number of nitrogens with two attached hydrogens (primary N) is 1. The molecular formula is C15H22BrClFN3. The van der Waals surface area contributed by atoms with Gasteiger partial charge in [0, 0.05) is 15.6 Å². The second kappa shape index (κ2) is 6.92. The van der Waals surface area contributed by atoms with Gasteiger partial charge in [-0.2, -0.15) is 0 Å². The third kappa shape index (κ3) is 3.42. The first-order valence-electron chi connectivity index (χ1n) is 7.24. The van der Waals surface area contributed by atoms with Gasteiger partial charge in [-0.05, 0) is 61.8 Å². The monoisotopic (exact) mass is 377 g/mol. The molecule has 0 bridgehead atoms. The summed E-state index contributed by atoms with van der Waals surface area (Å²) in [7, 11) is 0. The van der Waals surface area contributed by atoms with Crippen LogP contribution >= 0.6 is 27.5 Å². The molecule has 0 aliphatic carbocycles. The molecule has 1 atom stereocenters. The Balaban J connectivity index is 2.36. The molecule has 0 amide bonds. The van der Waals surface area contributed by atoms with E-state index in [1.807, 2.05) is 0 Å². The minimum absolute atomic E-state index is 0.0993. The van der Waals surface area contributed by atoms with Crippen molar-refractivity contribution in [2.45, 2.75) is 44.7 Å². The Bertz CT molecular complexity index is 504. The Morgan fingerprint density at radius 2 is 1.95 bits per heavy atom. The molecule has 118 valence electrons. The van der Waals surface area contributed by atoms with Crippen LogP contribution in [0.5, 0.6) is 0 Å². The van der Waals surface area contributed by atoms with Crippen LogP contribution in [-0.2, 0) is 0 Å². The van der Waals surface area contributed by atoms with E-state index in [0.29, 0.717) is 10.0 Å². The third-order valence-corrected chi connectivity index (χ3v) is 5.68. The molecular weight excluding hydrogens is 357 g/mol. The first-order valence-corrected chi connectivity index (χ1v) is 8.41. The highest BCUT2D eigenvalue weighted by atomic mass is 79.9. The Kier molecular flexibility index (Phi) is 5.65. The zero-order chi connectivity index (χ0) is 15.6. The van der Waals surface area contributed by atoms with Crippen molar-refractivity contribution in [2.75, 3.05) is 13.1 Å². The lowest BCUT2D eigenvalue weighted by Gasteiger charge is -2.46. The first-order chi connectivity index (χ1) is 9.89. The molecule has 0 saturated carbocycles. The van der Waals surface area contributed by atoms with E-state index in [4.69, 9.17) is 17.4 Å². The number of rotatable bonds is 4. The predicted octanol–water partition coefficient (Wildman–Crippen LogP) is 4.01. The van der Waals surface area contributed by atoms with Gasteiger partial charge in [0.2, 0.25) is 0 Å². The van der Waals surface area contributed by atoms with Crippen LogP contribution < -0.4 is 11.3 Å². The molecule has 1 fully saturated rings. The van der Waals surface area contributed by atoms with Gasteiger partial charge >= 0.3 is 0 Å². The maximum atomic E-state index is 14.5. The number of hydrogen-bond donors (Lipinski definition) is 2. The smallest absolute Gasteiger partial charge is 0.147 e. The van der Waals surface area contributed by atoms with Crippen LogP contribution in [0.3, 0.4) is 0 Å². The predicted molar refractivity (Wildman–Crippen MR) is 88.7 cm³/mol. The molecule has 1 saturated heterocycles. The van der Waals surface area contributed by atoms with E-state index in [9.17, 15) is 4.39 Å². The largest absolute Gasteiger partial charge is 0.296 e. The number of hydrogen-bond acceptors (Lipinski definition) is 3. The van der Waals surface area contributed by atoms with E-state index in [0.717, 1.165) is 13.1 Å². The number of nitrogens with one attached hydrogen (secondary N) is 1. The van der Waals surface area contributed by atoms with Gasteiger partial charge in [-0.3, -0.25) is 16.2 Å². The van der Waals surface area contributed by atoms with Gasteiger partial charge in [-0.25, -0.2) is 4.39 Å². The molecule has 1 heterocycles. The van der Waals surface area contributed by atoms with Crippen LogP contribution in [-0.4, -0.2) is 23.5 Å². The van der Waals surface area contributed by atoms with Crippen molar-refractivity contribution in [1.29, 1.82) is 0 Å². The van der Waals surface area contributed by atoms with E-state index < -0.39 is 5.82 Å². The lowest BCUT2D eigenvalue weighted by atomic mass is 9.85. The standard InChI is InChI=1S/C15H22BrClFN3/c1-15(2,21-8-4-3-5-9-21)14(20-19)10-6-7-11(16)12(17)13(10)18/h6-7,14,20H,3-5,8-9,19H2,1-2H3. The molecule has 3 N–H and O–H groups in total. The normalized spacial score (nSPS) is 18.8. The molecule has 6 heteroatoms. The maximum Gasteiger partial charge on any atom is 0.147 e. The number of benzene rings is 1. The lowest BCUT2D eigenvalue weighted by molar-refractivity contribution is 0.0596. The summed E-state index contributed by atoms with van der Waals surface area (Å²) in [6.07, 6.45) is 3.60. The van der Waals surface area contributed by atoms with E-state index >= 15 is 0 Å². The van der Waals surface area contributed by atoms with Gasteiger partial charge < -0.3 is 0 Å². The van der Waals surface area contributed by atoms with Gasteiger partial charge in [0.1, 0.15) is 5.82 Å². The Labute approximate surface area is 139 Å². The minimum Gasteiger partial charge on any atom is -0.296 e.